The third-order valence-electron chi connectivity index (χ3n) is 3.73. The van der Waals surface area contributed by atoms with Crippen molar-refractivity contribution in [3.8, 4) is 0 Å². The summed E-state index contributed by atoms with van der Waals surface area (Å²) in [6.07, 6.45) is 0. The molecule has 0 N–H and O–H groups in total. The Bertz CT molecular complexity index is 824. The van der Waals surface area contributed by atoms with Gasteiger partial charge in [0.2, 0.25) is 0 Å². The highest BCUT2D eigenvalue weighted by Gasteiger charge is 2.35. The van der Waals surface area contributed by atoms with Crippen molar-refractivity contribution in [3.05, 3.63) is 71.3 Å². The largest absolute Gasteiger partial charge is 0.273 e. The molecular formula is C17H15NO4S. The second-order valence-corrected chi connectivity index (χ2v) is 7.57. The van der Waals surface area contributed by atoms with E-state index in [4.69, 9.17) is 0 Å². The van der Waals surface area contributed by atoms with E-state index in [-0.39, 0.29) is 18.1 Å². The van der Waals surface area contributed by atoms with Crippen LogP contribution in [-0.2, 0) is 15.6 Å². The van der Waals surface area contributed by atoms with Crippen molar-refractivity contribution in [1.29, 1.82) is 0 Å². The number of fused-ring (bicyclic) bond motifs is 1. The van der Waals surface area contributed by atoms with E-state index in [1.54, 1.807) is 48.5 Å². The van der Waals surface area contributed by atoms with Crippen LogP contribution in [0.3, 0.4) is 0 Å². The summed E-state index contributed by atoms with van der Waals surface area (Å²) in [6, 6.07) is 15.3. The van der Waals surface area contributed by atoms with Gasteiger partial charge in [-0.05, 0) is 17.7 Å². The quantitative estimate of drug-likeness (QED) is 0.786. The van der Waals surface area contributed by atoms with Crippen molar-refractivity contribution in [1.82, 2.24) is 4.90 Å². The van der Waals surface area contributed by atoms with E-state index in [1.165, 1.54) is 0 Å². The number of hydrogen-bond acceptors (Lipinski definition) is 4. The second-order valence-electron chi connectivity index (χ2n) is 5.39. The molecule has 0 radical (unpaired) electrons. The maximum atomic E-state index is 12.2. The molecule has 6 heteroatoms. The molecule has 2 amide bonds. The zero-order valence-electron chi connectivity index (χ0n) is 12.3. The van der Waals surface area contributed by atoms with Crippen LogP contribution in [0.2, 0.25) is 0 Å². The lowest BCUT2D eigenvalue weighted by Crippen LogP contribution is -2.34. The third-order valence-corrected chi connectivity index (χ3v) is 5.31. The van der Waals surface area contributed by atoms with Gasteiger partial charge in [-0.3, -0.25) is 14.5 Å². The van der Waals surface area contributed by atoms with Crippen LogP contribution in [0.5, 0.6) is 0 Å². The zero-order chi connectivity index (χ0) is 16.4. The van der Waals surface area contributed by atoms with E-state index in [9.17, 15) is 18.0 Å². The van der Waals surface area contributed by atoms with Crippen LogP contribution in [0, 0.1) is 0 Å². The van der Waals surface area contributed by atoms with Gasteiger partial charge < -0.3 is 0 Å². The highest BCUT2D eigenvalue weighted by molar-refractivity contribution is 7.90. The molecule has 1 aliphatic rings. The van der Waals surface area contributed by atoms with Gasteiger partial charge >= 0.3 is 0 Å². The fourth-order valence-corrected chi connectivity index (χ4v) is 3.88. The van der Waals surface area contributed by atoms with Crippen LogP contribution < -0.4 is 0 Å². The molecule has 1 heterocycles. The molecule has 2 aromatic rings. The summed E-state index contributed by atoms with van der Waals surface area (Å²) in [5, 5.41) is 0. The van der Waals surface area contributed by atoms with Gasteiger partial charge in [-0.1, -0.05) is 42.5 Å². The first-order chi connectivity index (χ1) is 11.0. The molecule has 118 valence electrons. The first-order valence-corrected chi connectivity index (χ1v) is 9.00. The lowest BCUT2D eigenvalue weighted by atomic mass is 10.1. The van der Waals surface area contributed by atoms with Crippen molar-refractivity contribution in [2.45, 2.75) is 5.75 Å². The van der Waals surface area contributed by atoms with Crippen molar-refractivity contribution >= 4 is 21.7 Å². The van der Waals surface area contributed by atoms with Crippen molar-refractivity contribution < 1.29 is 18.0 Å². The van der Waals surface area contributed by atoms with E-state index in [2.05, 4.69) is 0 Å². The molecule has 0 saturated carbocycles. The number of hydrogen-bond donors (Lipinski definition) is 0. The van der Waals surface area contributed by atoms with Crippen LogP contribution in [0.1, 0.15) is 26.3 Å². The molecule has 0 unspecified atom stereocenters. The van der Waals surface area contributed by atoms with Gasteiger partial charge in [-0.15, -0.1) is 0 Å². The van der Waals surface area contributed by atoms with Gasteiger partial charge in [0.05, 0.1) is 22.6 Å². The Labute approximate surface area is 134 Å². The van der Waals surface area contributed by atoms with E-state index >= 15 is 0 Å². The molecule has 0 aliphatic carbocycles. The number of carbonyl (C=O) groups excluding carboxylic acids is 2. The van der Waals surface area contributed by atoms with E-state index in [0.717, 1.165) is 4.90 Å². The lowest BCUT2D eigenvalue weighted by molar-refractivity contribution is 0.0664. The molecule has 0 bridgehead atoms. The predicted molar refractivity (Wildman–Crippen MR) is 85.7 cm³/mol. The summed E-state index contributed by atoms with van der Waals surface area (Å²) in [7, 11) is -3.40. The van der Waals surface area contributed by atoms with Crippen LogP contribution in [-0.4, -0.2) is 37.4 Å². The summed E-state index contributed by atoms with van der Waals surface area (Å²) in [4.78, 5) is 25.4. The fourth-order valence-electron chi connectivity index (χ4n) is 2.57. The Morgan fingerprint density at radius 3 is 1.87 bits per heavy atom. The molecule has 0 aromatic heterocycles. The van der Waals surface area contributed by atoms with Gasteiger partial charge in [0, 0.05) is 6.54 Å². The minimum absolute atomic E-state index is 0.100. The van der Waals surface area contributed by atoms with E-state index in [1.807, 2.05) is 6.07 Å². The van der Waals surface area contributed by atoms with E-state index < -0.39 is 21.7 Å². The molecule has 2 aromatic carbocycles. The molecule has 0 saturated heterocycles. The minimum Gasteiger partial charge on any atom is -0.273 e. The average molecular weight is 329 g/mol. The average Bonchev–Trinajstić information content (AvgIpc) is 2.78. The fraction of sp³-hybridized carbons (Fsp3) is 0.176. The smallest absolute Gasteiger partial charge is 0.261 e. The summed E-state index contributed by atoms with van der Waals surface area (Å²) < 4.78 is 24.4. The highest BCUT2D eigenvalue weighted by atomic mass is 32.2. The lowest BCUT2D eigenvalue weighted by Gasteiger charge is -2.13. The Balaban J connectivity index is 1.69. The van der Waals surface area contributed by atoms with Gasteiger partial charge in [-0.25, -0.2) is 8.42 Å². The normalized spacial score (nSPS) is 14.2. The van der Waals surface area contributed by atoms with Gasteiger partial charge in [0.1, 0.15) is 0 Å². The van der Waals surface area contributed by atoms with Gasteiger partial charge in [0.15, 0.2) is 9.84 Å². The van der Waals surface area contributed by atoms with E-state index in [0.29, 0.717) is 16.7 Å². The molecular weight excluding hydrogens is 314 g/mol. The molecule has 23 heavy (non-hydrogen) atoms. The van der Waals surface area contributed by atoms with Crippen LogP contribution in [0.15, 0.2) is 54.6 Å². The van der Waals surface area contributed by atoms with Crippen LogP contribution in [0.4, 0.5) is 0 Å². The zero-order valence-corrected chi connectivity index (χ0v) is 13.1. The second kappa shape index (κ2) is 5.96. The first-order valence-electron chi connectivity index (χ1n) is 7.17. The number of nitrogens with zero attached hydrogens (tertiary/aromatic N) is 1. The topological polar surface area (TPSA) is 71.5 Å². The Morgan fingerprint density at radius 2 is 1.30 bits per heavy atom. The summed E-state index contributed by atoms with van der Waals surface area (Å²) in [6.45, 7) is -0.123. The monoisotopic (exact) mass is 329 g/mol. The molecule has 1 aliphatic heterocycles. The molecule has 5 nitrogen and oxygen atoms in total. The van der Waals surface area contributed by atoms with Crippen molar-refractivity contribution in [2.24, 2.45) is 0 Å². The SMILES string of the molecule is O=C1c2ccccc2C(=O)N1CCS(=O)(=O)Cc1ccccc1. The highest BCUT2D eigenvalue weighted by Crippen LogP contribution is 2.22. The van der Waals surface area contributed by atoms with Crippen molar-refractivity contribution in [3.63, 3.8) is 0 Å². The Morgan fingerprint density at radius 1 is 0.783 bits per heavy atom. The number of benzene rings is 2. The standard InChI is InChI=1S/C17H15NO4S/c19-16-14-8-4-5-9-15(14)17(20)18(16)10-11-23(21,22)12-13-6-2-1-3-7-13/h1-9H,10-12H2. The number of sulfone groups is 1. The number of amides is 2. The van der Waals surface area contributed by atoms with Crippen LogP contribution in [0.25, 0.3) is 0 Å². The summed E-state index contributed by atoms with van der Waals surface area (Å²) in [5.74, 6) is -1.20. The van der Waals surface area contributed by atoms with Gasteiger partial charge in [-0.2, -0.15) is 0 Å². The van der Waals surface area contributed by atoms with Gasteiger partial charge in [0.25, 0.3) is 11.8 Å². The van der Waals surface area contributed by atoms with Crippen LogP contribution >= 0.6 is 0 Å². The summed E-state index contributed by atoms with van der Waals surface area (Å²) >= 11 is 0. The van der Waals surface area contributed by atoms with Crippen molar-refractivity contribution in [2.75, 3.05) is 12.3 Å². The minimum atomic E-state index is -3.40. The third kappa shape index (κ3) is 3.17. The number of carbonyl (C=O) groups is 2. The summed E-state index contributed by atoms with van der Waals surface area (Å²) in [5.41, 5.74) is 1.35. The predicted octanol–water partition coefficient (Wildman–Crippen LogP) is 1.90. The Kier molecular flexibility index (Phi) is 4.00. The number of imide groups is 1. The number of rotatable bonds is 5. The molecule has 3 rings (SSSR count). The first kappa shape index (κ1) is 15.4. The molecule has 0 fully saturated rings. The maximum Gasteiger partial charge on any atom is 0.261 e. The Hall–Kier alpha value is -2.47. The molecule has 0 spiro atoms. The maximum absolute atomic E-state index is 12.2. The molecule has 0 atom stereocenters.